The number of anilines is 1. The van der Waals surface area contributed by atoms with E-state index in [0.29, 0.717) is 4.47 Å². The Bertz CT molecular complexity index is 302. The number of aromatic nitrogens is 1. The molecule has 0 aliphatic rings. The maximum atomic E-state index is 11.7. The van der Waals surface area contributed by atoms with Crippen LogP contribution in [0, 0.1) is 0 Å². The first-order valence-electron chi connectivity index (χ1n) is 3.30. The van der Waals surface area contributed by atoms with Crippen molar-refractivity contribution in [3.05, 3.63) is 22.8 Å². The van der Waals surface area contributed by atoms with Crippen molar-refractivity contribution in [2.75, 3.05) is 5.32 Å². The Hall–Kier alpha value is -1.04. The van der Waals surface area contributed by atoms with Gasteiger partial charge in [0.1, 0.15) is 5.82 Å². The summed E-state index contributed by atoms with van der Waals surface area (Å²) in [6, 6.07) is 3.01. The van der Waals surface area contributed by atoms with E-state index in [1.54, 1.807) is 6.07 Å². The lowest BCUT2D eigenvalue weighted by Crippen LogP contribution is -2.20. The molecule has 0 aliphatic heterocycles. The van der Waals surface area contributed by atoms with Gasteiger partial charge in [-0.3, -0.25) is 4.79 Å². The number of nitrogens with one attached hydrogen (secondary N) is 1. The van der Waals surface area contributed by atoms with Gasteiger partial charge in [-0.1, -0.05) is 0 Å². The Morgan fingerprint density at radius 3 is 2.69 bits per heavy atom. The molecule has 0 bridgehead atoms. The van der Waals surface area contributed by atoms with Gasteiger partial charge in [0.05, 0.1) is 0 Å². The molecule has 6 heteroatoms. The van der Waals surface area contributed by atoms with E-state index in [4.69, 9.17) is 0 Å². The summed E-state index contributed by atoms with van der Waals surface area (Å²) in [5.74, 6) is -1.25. The van der Waals surface area contributed by atoms with E-state index in [9.17, 15) is 13.6 Å². The van der Waals surface area contributed by atoms with E-state index in [1.807, 2.05) is 5.32 Å². The van der Waals surface area contributed by atoms with Crippen molar-refractivity contribution in [1.82, 2.24) is 4.98 Å². The van der Waals surface area contributed by atoms with Gasteiger partial charge >= 0.3 is 6.43 Å². The first kappa shape index (κ1) is 10.0. The van der Waals surface area contributed by atoms with Crippen LogP contribution in [0.15, 0.2) is 22.8 Å². The molecule has 1 amide bonds. The average molecular weight is 251 g/mol. The molecule has 70 valence electrons. The van der Waals surface area contributed by atoms with Gasteiger partial charge in [-0.2, -0.15) is 8.78 Å². The van der Waals surface area contributed by atoms with Gasteiger partial charge in [-0.05, 0) is 28.1 Å². The van der Waals surface area contributed by atoms with Crippen LogP contribution in [0.3, 0.4) is 0 Å². The predicted molar refractivity (Wildman–Crippen MR) is 46.6 cm³/mol. The average Bonchev–Trinajstić information content (AvgIpc) is 2.08. The number of carbonyl (C=O) groups excluding carboxylic acids is 1. The molecular formula is C7H5BrF2N2O. The fourth-order valence-electron chi connectivity index (χ4n) is 0.631. The number of rotatable bonds is 2. The molecule has 13 heavy (non-hydrogen) atoms. The minimum absolute atomic E-state index is 0.105. The van der Waals surface area contributed by atoms with Crippen LogP contribution in [0.4, 0.5) is 14.6 Å². The first-order valence-corrected chi connectivity index (χ1v) is 4.09. The summed E-state index contributed by atoms with van der Waals surface area (Å²) in [4.78, 5) is 14.2. The summed E-state index contributed by atoms with van der Waals surface area (Å²) >= 11 is 3.12. The lowest BCUT2D eigenvalue weighted by molar-refractivity contribution is -0.126. The molecule has 0 aliphatic carbocycles. The summed E-state index contributed by atoms with van der Waals surface area (Å²) in [6.45, 7) is 0. The number of halogens is 3. The molecule has 1 N–H and O–H groups in total. The van der Waals surface area contributed by atoms with Crippen LogP contribution in [0.25, 0.3) is 0 Å². The number of hydrogen-bond donors (Lipinski definition) is 1. The van der Waals surface area contributed by atoms with Gasteiger partial charge in [0.15, 0.2) is 0 Å². The molecule has 0 saturated carbocycles. The van der Waals surface area contributed by atoms with E-state index < -0.39 is 12.3 Å². The maximum absolute atomic E-state index is 11.7. The number of pyridine rings is 1. The molecule has 0 spiro atoms. The van der Waals surface area contributed by atoms with Crippen LogP contribution >= 0.6 is 15.9 Å². The first-order chi connectivity index (χ1) is 6.09. The summed E-state index contributed by atoms with van der Waals surface area (Å²) in [5, 5.41) is 1.95. The number of nitrogens with zero attached hydrogens (tertiary/aromatic N) is 1. The molecular weight excluding hydrogens is 246 g/mol. The molecule has 0 radical (unpaired) electrons. The lowest BCUT2D eigenvalue weighted by atomic mass is 10.4. The molecule has 3 nitrogen and oxygen atoms in total. The topological polar surface area (TPSA) is 42.0 Å². The SMILES string of the molecule is O=C(Nc1ccc(Br)cn1)C(F)F. The molecule has 0 aromatic carbocycles. The second kappa shape index (κ2) is 4.27. The Kier molecular flexibility index (Phi) is 3.30. The van der Waals surface area contributed by atoms with Gasteiger partial charge < -0.3 is 5.32 Å². The largest absolute Gasteiger partial charge is 0.315 e. The summed E-state index contributed by atoms with van der Waals surface area (Å²) in [7, 11) is 0. The van der Waals surface area contributed by atoms with E-state index in [2.05, 4.69) is 20.9 Å². The van der Waals surface area contributed by atoms with Crippen LogP contribution in [0.1, 0.15) is 0 Å². The number of alkyl halides is 2. The van der Waals surface area contributed by atoms with E-state index in [0.717, 1.165) is 0 Å². The molecule has 0 unspecified atom stereocenters. The third-order valence-electron chi connectivity index (χ3n) is 1.18. The highest BCUT2D eigenvalue weighted by Gasteiger charge is 2.14. The number of hydrogen-bond acceptors (Lipinski definition) is 2. The third-order valence-corrected chi connectivity index (χ3v) is 1.65. The van der Waals surface area contributed by atoms with E-state index in [-0.39, 0.29) is 5.82 Å². The zero-order valence-electron chi connectivity index (χ0n) is 6.30. The quantitative estimate of drug-likeness (QED) is 0.873. The van der Waals surface area contributed by atoms with Crippen molar-refractivity contribution in [3.63, 3.8) is 0 Å². The van der Waals surface area contributed by atoms with Crippen LogP contribution in [0.2, 0.25) is 0 Å². The molecule has 0 fully saturated rings. The second-order valence-electron chi connectivity index (χ2n) is 2.15. The highest BCUT2D eigenvalue weighted by Crippen LogP contribution is 2.10. The second-order valence-corrected chi connectivity index (χ2v) is 3.07. The summed E-state index contributed by atoms with van der Waals surface area (Å²) in [5.41, 5.74) is 0. The Morgan fingerprint density at radius 2 is 2.23 bits per heavy atom. The standard InChI is InChI=1S/C7H5BrF2N2O/c8-4-1-2-5(11-3-4)12-7(13)6(9)10/h1-3,6H,(H,11,12,13). The zero-order chi connectivity index (χ0) is 9.84. The smallest absolute Gasteiger partial charge is 0.306 e. The van der Waals surface area contributed by atoms with Gasteiger partial charge in [-0.25, -0.2) is 4.98 Å². The Labute approximate surface area is 81.3 Å². The van der Waals surface area contributed by atoms with Crippen molar-refractivity contribution in [2.45, 2.75) is 6.43 Å². The van der Waals surface area contributed by atoms with Crippen molar-refractivity contribution >= 4 is 27.7 Å². The van der Waals surface area contributed by atoms with Gasteiger partial charge in [0.25, 0.3) is 5.91 Å². The molecule has 1 aromatic heterocycles. The lowest BCUT2D eigenvalue weighted by Gasteiger charge is -2.02. The highest BCUT2D eigenvalue weighted by molar-refractivity contribution is 9.10. The van der Waals surface area contributed by atoms with Crippen molar-refractivity contribution in [3.8, 4) is 0 Å². The number of amides is 1. The monoisotopic (exact) mass is 250 g/mol. The minimum Gasteiger partial charge on any atom is -0.306 e. The van der Waals surface area contributed by atoms with Crippen molar-refractivity contribution in [1.29, 1.82) is 0 Å². The van der Waals surface area contributed by atoms with Crippen molar-refractivity contribution < 1.29 is 13.6 Å². The maximum Gasteiger partial charge on any atom is 0.315 e. The zero-order valence-corrected chi connectivity index (χ0v) is 7.88. The fraction of sp³-hybridized carbons (Fsp3) is 0.143. The van der Waals surface area contributed by atoms with E-state index >= 15 is 0 Å². The summed E-state index contributed by atoms with van der Waals surface area (Å²) < 4.78 is 24.2. The normalized spacial score (nSPS) is 10.2. The van der Waals surface area contributed by atoms with Crippen LogP contribution in [-0.4, -0.2) is 17.3 Å². The molecule has 1 heterocycles. The van der Waals surface area contributed by atoms with Crippen LogP contribution in [0.5, 0.6) is 0 Å². The van der Waals surface area contributed by atoms with Gasteiger partial charge in [-0.15, -0.1) is 0 Å². The predicted octanol–water partition coefficient (Wildman–Crippen LogP) is 2.05. The van der Waals surface area contributed by atoms with Gasteiger partial charge in [0.2, 0.25) is 0 Å². The summed E-state index contributed by atoms with van der Waals surface area (Å²) in [6.07, 6.45) is -1.62. The fourth-order valence-corrected chi connectivity index (χ4v) is 0.865. The highest BCUT2D eigenvalue weighted by atomic mass is 79.9. The molecule has 1 rings (SSSR count). The molecule has 1 aromatic rings. The minimum atomic E-state index is -3.02. The Morgan fingerprint density at radius 1 is 1.54 bits per heavy atom. The Balaban J connectivity index is 2.65. The van der Waals surface area contributed by atoms with Crippen LogP contribution < -0.4 is 5.32 Å². The van der Waals surface area contributed by atoms with E-state index in [1.165, 1.54) is 12.3 Å². The van der Waals surface area contributed by atoms with Gasteiger partial charge in [0, 0.05) is 10.7 Å². The molecule has 0 saturated heterocycles. The van der Waals surface area contributed by atoms with Crippen molar-refractivity contribution in [2.24, 2.45) is 0 Å². The third kappa shape index (κ3) is 3.06. The van der Waals surface area contributed by atoms with Crippen LogP contribution in [-0.2, 0) is 4.79 Å². The molecule has 0 atom stereocenters. The number of carbonyl (C=O) groups is 1.